The molecular weight excluding hydrogens is 380 g/mol. The maximum absolute atomic E-state index is 13.2. The molecule has 0 amide bonds. The highest BCUT2D eigenvalue weighted by Crippen LogP contribution is 2.26. The zero-order chi connectivity index (χ0) is 20.9. The Labute approximate surface area is 171 Å². The van der Waals surface area contributed by atoms with E-state index in [9.17, 15) is 14.9 Å². The van der Waals surface area contributed by atoms with E-state index in [4.69, 9.17) is 0 Å². The quantitative estimate of drug-likeness (QED) is 0.177. The molecule has 7 nitrogen and oxygen atoms in total. The second kappa shape index (κ2) is 8.40. The van der Waals surface area contributed by atoms with Crippen LogP contribution in [0.5, 0.6) is 0 Å². The van der Waals surface area contributed by atoms with Gasteiger partial charge < -0.3 is 0 Å². The van der Waals surface area contributed by atoms with E-state index in [1.807, 2.05) is 36.4 Å². The molecule has 0 aliphatic heterocycles. The number of carbonyl (C=O) groups is 1. The molecule has 1 unspecified atom stereocenters. The van der Waals surface area contributed by atoms with Gasteiger partial charge in [-0.25, -0.2) is 4.98 Å². The third kappa shape index (κ3) is 4.10. The molecule has 0 fully saturated rings. The number of hydrogen-bond donors (Lipinski definition) is 0. The molecule has 4 aromatic rings. The van der Waals surface area contributed by atoms with Gasteiger partial charge in [0, 0.05) is 23.1 Å². The SMILES string of the molecule is O=C(c1ccccc1)C(N=Nc1ccc([N+](=O)[O-])cc1)c1ccc2ccccc2n1. The van der Waals surface area contributed by atoms with Gasteiger partial charge in [-0.3, -0.25) is 14.9 Å². The van der Waals surface area contributed by atoms with Gasteiger partial charge >= 0.3 is 0 Å². The van der Waals surface area contributed by atoms with E-state index in [-0.39, 0.29) is 11.5 Å². The van der Waals surface area contributed by atoms with Crippen molar-refractivity contribution in [3.05, 3.63) is 112 Å². The highest BCUT2D eigenvalue weighted by molar-refractivity contribution is 6.00. The molecule has 1 aromatic heterocycles. The first-order chi connectivity index (χ1) is 14.6. The van der Waals surface area contributed by atoms with Gasteiger partial charge in [0.25, 0.3) is 5.69 Å². The molecule has 3 aromatic carbocycles. The van der Waals surface area contributed by atoms with Crippen molar-refractivity contribution in [2.24, 2.45) is 10.2 Å². The molecule has 0 aliphatic rings. The zero-order valence-corrected chi connectivity index (χ0v) is 15.8. The van der Waals surface area contributed by atoms with Crippen LogP contribution in [0.4, 0.5) is 11.4 Å². The second-order valence-corrected chi connectivity index (χ2v) is 6.55. The first-order valence-electron chi connectivity index (χ1n) is 9.22. The number of nitro benzene ring substituents is 1. The molecule has 0 aliphatic carbocycles. The number of rotatable bonds is 6. The third-order valence-corrected chi connectivity index (χ3v) is 4.56. The molecule has 1 heterocycles. The van der Waals surface area contributed by atoms with Crippen LogP contribution in [-0.2, 0) is 0 Å². The van der Waals surface area contributed by atoms with Gasteiger partial charge in [-0.1, -0.05) is 54.6 Å². The van der Waals surface area contributed by atoms with Crippen molar-refractivity contribution in [2.45, 2.75) is 6.04 Å². The fourth-order valence-corrected chi connectivity index (χ4v) is 3.01. The Bertz CT molecular complexity index is 1240. The van der Waals surface area contributed by atoms with E-state index in [1.54, 1.807) is 30.3 Å². The fraction of sp³-hybridized carbons (Fsp3) is 0.0435. The zero-order valence-electron chi connectivity index (χ0n) is 15.8. The van der Waals surface area contributed by atoms with Crippen LogP contribution in [0.3, 0.4) is 0 Å². The Kier molecular flexibility index (Phi) is 5.34. The second-order valence-electron chi connectivity index (χ2n) is 6.55. The number of pyridine rings is 1. The summed E-state index contributed by atoms with van der Waals surface area (Å²) in [6.07, 6.45) is 0. The molecule has 0 radical (unpaired) electrons. The summed E-state index contributed by atoms with van der Waals surface area (Å²) >= 11 is 0. The molecule has 0 saturated carbocycles. The summed E-state index contributed by atoms with van der Waals surface area (Å²) in [5.74, 6) is -0.232. The highest BCUT2D eigenvalue weighted by atomic mass is 16.6. The predicted octanol–water partition coefficient (Wildman–Crippen LogP) is 5.85. The Morgan fingerprint density at radius 3 is 2.30 bits per heavy atom. The first kappa shape index (κ1) is 19.1. The van der Waals surface area contributed by atoms with Gasteiger partial charge in [-0.05, 0) is 24.3 Å². The Balaban J connectivity index is 1.72. The molecule has 0 bridgehead atoms. The van der Waals surface area contributed by atoms with Gasteiger partial charge in [0.15, 0.2) is 11.8 Å². The van der Waals surface area contributed by atoms with Crippen molar-refractivity contribution < 1.29 is 9.72 Å². The average molecular weight is 396 g/mol. The number of nitrogens with zero attached hydrogens (tertiary/aromatic N) is 4. The lowest BCUT2D eigenvalue weighted by atomic mass is 10.0. The minimum atomic E-state index is -0.938. The summed E-state index contributed by atoms with van der Waals surface area (Å²) in [5.41, 5.74) is 2.11. The van der Waals surface area contributed by atoms with E-state index in [1.165, 1.54) is 24.3 Å². The van der Waals surface area contributed by atoms with Crippen LogP contribution in [0.2, 0.25) is 0 Å². The van der Waals surface area contributed by atoms with Crippen LogP contribution >= 0.6 is 0 Å². The lowest BCUT2D eigenvalue weighted by Gasteiger charge is -2.11. The minimum Gasteiger partial charge on any atom is -0.291 e. The molecule has 0 saturated heterocycles. The van der Waals surface area contributed by atoms with Crippen LogP contribution < -0.4 is 0 Å². The number of ketones is 1. The topological polar surface area (TPSA) is 97.8 Å². The average Bonchev–Trinajstić information content (AvgIpc) is 2.80. The number of para-hydroxylation sites is 1. The van der Waals surface area contributed by atoms with E-state index in [2.05, 4.69) is 15.2 Å². The number of nitro groups is 1. The minimum absolute atomic E-state index is 0.0398. The lowest BCUT2D eigenvalue weighted by Crippen LogP contribution is -2.12. The van der Waals surface area contributed by atoms with E-state index >= 15 is 0 Å². The van der Waals surface area contributed by atoms with Crippen LogP contribution in [0, 0.1) is 10.1 Å². The van der Waals surface area contributed by atoms with Crippen molar-refractivity contribution >= 4 is 28.1 Å². The maximum atomic E-state index is 13.2. The summed E-state index contributed by atoms with van der Waals surface area (Å²) < 4.78 is 0. The van der Waals surface area contributed by atoms with Crippen molar-refractivity contribution in [2.75, 3.05) is 0 Å². The van der Waals surface area contributed by atoms with Gasteiger partial charge in [-0.15, -0.1) is 0 Å². The van der Waals surface area contributed by atoms with Crippen LogP contribution in [0.15, 0.2) is 101 Å². The smallest absolute Gasteiger partial charge is 0.269 e. The molecular formula is C23H16N4O3. The van der Waals surface area contributed by atoms with E-state index in [0.29, 0.717) is 16.9 Å². The Morgan fingerprint density at radius 1 is 0.867 bits per heavy atom. The molecule has 30 heavy (non-hydrogen) atoms. The number of azo groups is 1. The number of Topliss-reactive ketones (excluding diaryl/α,β-unsaturated/α-hetero) is 1. The molecule has 0 spiro atoms. The van der Waals surface area contributed by atoms with E-state index in [0.717, 1.165) is 10.9 Å². The summed E-state index contributed by atoms with van der Waals surface area (Å²) in [5, 5.41) is 20.2. The Hall–Kier alpha value is -4.26. The normalized spacial score (nSPS) is 12.1. The lowest BCUT2D eigenvalue weighted by molar-refractivity contribution is -0.384. The molecule has 4 rings (SSSR count). The van der Waals surface area contributed by atoms with Gasteiger partial charge in [0.1, 0.15) is 0 Å². The van der Waals surface area contributed by atoms with Crippen molar-refractivity contribution in [3.8, 4) is 0 Å². The largest absolute Gasteiger partial charge is 0.291 e. The van der Waals surface area contributed by atoms with Crippen molar-refractivity contribution in [1.82, 2.24) is 4.98 Å². The van der Waals surface area contributed by atoms with Crippen LogP contribution in [0.25, 0.3) is 10.9 Å². The number of benzene rings is 3. The third-order valence-electron chi connectivity index (χ3n) is 4.56. The predicted molar refractivity (Wildman–Crippen MR) is 113 cm³/mol. The van der Waals surface area contributed by atoms with Crippen molar-refractivity contribution in [1.29, 1.82) is 0 Å². The molecule has 7 heteroatoms. The van der Waals surface area contributed by atoms with Gasteiger partial charge in [0.05, 0.1) is 21.8 Å². The monoisotopic (exact) mass is 396 g/mol. The summed E-state index contributed by atoms with van der Waals surface area (Å²) in [6, 6.07) is 24.8. The first-order valence-corrected chi connectivity index (χ1v) is 9.22. The molecule has 0 N–H and O–H groups in total. The number of non-ortho nitro benzene ring substituents is 1. The number of carbonyl (C=O) groups excluding carboxylic acids is 1. The maximum Gasteiger partial charge on any atom is 0.269 e. The summed E-state index contributed by atoms with van der Waals surface area (Å²) in [7, 11) is 0. The molecule has 1 atom stereocenters. The highest BCUT2D eigenvalue weighted by Gasteiger charge is 2.23. The molecule has 146 valence electrons. The number of aromatic nitrogens is 1. The van der Waals surface area contributed by atoms with Crippen LogP contribution in [0.1, 0.15) is 22.1 Å². The standard InChI is InChI=1S/C23H16N4O3/c28-23(17-7-2-1-3-8-17)22(21-15-10-16-6-4-5-9-20(16)24-21)26-25-18-11-13-19(14-12-18)27(29)30/h1-15,22H. The summed E-state index contributed by atoms with van der Waals surface area (Å²) in [6.45, 7) is 0. The number of hydrogen-bond acceptors (Lipinski definition) is 6. The van der Waals surface area contributed by atoms with Crippen molar-refractivity contribution in [3.63, 3.8) is 0 Å². The van der Waals surface area contributed by atoms with Crippen LogP contribution in [-0.4, -0.2) is 15.7 Å². The number of fused-ring (bicyclic) bond motifs is 1. The summed E-state index contributed by atoms with van der Waals surface area (Å²) in [4.78, 5) is 28.1. The van der Waals surface area contributed by atoms with E-state index < -0.39 is 11.0 Å². The Morgan fingerprint density at radius 2 is 1.57 bits per heavy atom. The fourth-order valence-electron chi connectivity index (χ4n) is 3.01. The van der Waals surface area contributed by atoms with Gasteiger partial charge in [0.2, 0.25) is 0 Å². The van der Waals surface area contributed by atoms with Gasteiger partial charge in [-0.2, -0.15) is 10.2 Å².